The van der Waals surface area contributed by atoms with E-state index in [0.717, 1.165) is 0 Å². The standard InChI is InChI=1S/C10H13NO4S/c1-15-8-2-3-10-9(4-8)11-7(5-12)6-16(10,13)14/h2-4,7,11-12H,5-6H2,1H3. The molecule has 0 fully saturated rings. The second kappa shape index (κ2) is 3.95. The van der Waals surface area contributed by atoms with Crippen LogP contribution in [0.1, 0.15) is 0 Å². The van der Waals surface area contributed by atoms with E-state index in [-0.39, 0.29) is 17.3 Å². The van der Waals surface area contributed by atoms with Gasteiger partial charge in [-0.2, -0.15) is 0 Å². The molecule has 0 aliphatic carbocycles. The Morgan fingerprint density at radius 2 is 2.31 bits per heavy atom. The van der Waals surface area contributed by atoms with Crippen molar-refractivity contribution in [1.29, 1.82) is 0 Å². The highest BCUT2D eigenvalue weighted by molar-refractivity contribution is 7.91. The van der Waals surface area contributed by atoms with Gasteiger partial charge in [0.1, 0.15) is 5.75 Å². The molecule has 2 rings (SSSR count). The van der Waals surface area contributed by atoms with Gasteiger partial charge in [-0.15, -0.1) is 0 Å². The van der Waals surface area contributed by atoms with Crippen LogP contribution in [0.25, 0.3) is 0 Å². The Kier molecular flexibility index (Phi) is 2.77. The van der Waals surface area contributed by atoms with E-state index in [9.17, 15) is 8.42 Å². The highest BCUT2D eigenvalue weighted by Crippen LogP contribution is 2.31. The number of benzene rings is 1. The zero-order valence-electron chi connectivity index (χ0n) is 8.80. The molecule has 0 aromatic heterocycles. The van der Waals surface area contributed by atoms with Gasteiger partial charge in [-0.25, -0.2) is 8.42 Å². The lowest BCUT2D eigenvalue weighted by Gasteiger charge is -2.25. The fourth-order valence-electron chi connectivity index (χ4n) is 1.73. The van der Waals surface area contributed by atoms with Gasteiger partial charge in [-0.3, -0.25) is 0 Å². The van der Waals surface area contributed by atoms with Gasteiger partial charge in [0, 0.05) is 6.07 Å². The molecule has 2 N–H and O–H groups in total. The van der Waals surface area contributed by atoms with Crippen molar-refractivity contribution in [2.24, 2.45) is 0 Å². The predicted octanol–water partition coefficient (Wildman–Crippen LogP) is 0.255. The van der Waals surface area contributed by atoms with Gasteiger partial charge >= 0.3 is 0 Å². The van der Waals surface area contributed by atoms with E-state index < -0.39 is 15.9 Å². The molecule has 5 nitrogen and oxygen atoms in total. The summed E-state index contributed by atoms with van der Waals surface area (Å²) in [4.78, 5) is 0.262. The molecule has 0 bridgehead atoms. The van der Waals surface area contributed by atoms with Crippen molar-refractivity contribution in [3.8, 4) is 5.75 Å². The van der Waals surface area contributed by atoms with Gasteiger partial charge in [0.25, 0.3) is 0 Å². The van der Waals surface area contributed by atoms with Crippen LogP contribution in [0.15, 0.2) is 23.1 Å². The average Bonchev–Trinajstić information content (AvgIpc) is 2.27. The summed E-state index contributed by atoms with van der Waals surface area (Å²) in [5.74, 6) is 0.503. The number of rotatable bonds is 2. The summed E-state index contributed by atoms with van der Waals surface area (Å²) in [5, 5.41) is 12.0. The van der Waals surface area contributed by atoms with Gasteiger partial charge in [-0.1, -0.05) is 0 Å². The number of hydrogen-bond donors (Lipinski definition) is 2. The van der Waals surface area contributed by atoms with Crippen molar-refractivity contribution in [3.63, 3.8) is 0 Å². The van der Waals surface area contributed by atoms with Crippen molar-refractivity contribution in [2.45, 2.75) is 10.9 Å². The Bertz CT molecular complexity index is 498. The molecule has 88 valence electrons. The molecule has 1 heterocycles. The first-order chi connectivity index (χ1) is 7.56. The van der Waals surface area contributed by atoms with Crippen LogP contribution < -0.4 is 10.1 Å². The first-order valence-corrected chi connectivity index (χ1v) is 6.50. The lowest BCUT2D eigenvalue weighted by atomic mass is 10.2. The van der Waals surface area contributed by atoms with Gasteiger partial charge < -0.3 is 15.2 Å². The summed E-state index contributed by atoms with van der Waals surface area (Å²) in [6.07, 6.45) is 0. The Morgan fingerprint density at radius 3 is 2.94 bits per heavy atom. The Hall–Kier alpha value is -1.27. The molecule has 16 heavy (non-hydrogen) atoms. The average molecular weight is 243 g/mol. The minimum absolute atomic E-state index is 0.0805. The summed E-state index contributed by atoms with van der Waals surface area (Å²) < 4.78 is 28.7. The summed E-state index contributed by atoms with van der Waals surface area (Å²) in [6.45, 7) is -0.212. The maximum absolute atomic E-state index is 11.9. The van der Waals surface area contributed by atoms with Crippen LogP contribution in [0, 0.1) is 0 Å². The van der Waals surface area contributed by atoms with Crippen molar-refractivity contribution in [1.82, 2.24) is 0 Å². The third-order valence-electron chi connectivity index (χ3n) is 2.52. The number of nitrogens with one attached hydrogen (secondary N) is 1. The zero-order chi connectivity index (χ0) is 11.8. The first kappa shape index (κ1) is 11.2. The second-order valence-corrected chi connectivity index (χ2v) is 5.67. The lowest BCUT2D eigenvalue weighted by Crippen LogP contribution is -2.36. The number of methoxy groups -OCH3 is 1. The van der Waals surface area contributed by atoms with E-state index >= 15 is 0 Å². The van der Waals surface area contributed by atoms with Crippen molar-refractivity contribution >= 4 is 15.5 Å². The molecule has 1 aliphatic heterocycles. The zero-order valence-corrected chi connectivity index (χ0v) is 9.62. The van der Waals surface area contributed by atoms with E-state index in [0.29, 0.717) is 11.4 Å². The van der Waals surface area contributed by atoms with E-state index in [1.807, 2.05) is 0 Å². The van der Waals surface area contributed by atoms with Crippen molar-refractivity contribution in [2.75, 3.05) is 24.8 Å². The second-order valence-electron chi connectivity index (χ2n) is 3.67. The monoisotopic (exact) mass is 243 g/mol. The molecule has 1 aliphatic rings. The molecule has 0 spiro atoms. The first-order valence-electron chi connectivity index (χ1n) is 4.85. The molecular weight excluding hydrogens is 230 g/mol. The summed E-state index contributed by atoms with van der Waals surface area (Å²) in [6, 6.07) is 4.29. The lowest BCUT2D eigenvalue weighted by molar-refractivity contribution is 0.281. The molecular formula is C10H13NO4S. The third-order valence-corrected chi connectivity index (χ3v) is 4.39. The van der Waals surface area contributed by atoms with Crippen molar-refractivity contribution in [3.05, 3.63) is 18.2 Å². The fourth-order valence-corrected chi connectivity index (χ4v) is 3.36. The van der Waals surface area contributed by atoms with Crippen LogP contribution in [-0.2, 0) is 9.84 Å². The van der Waals surface area contributed by atoms with Crippen LogP contribution in [0.4, 0.5) is 5.69 Å². The van der Waals surface area contributed by atoms with E-state index in [2.05, 4.69) is 5.32 Å². The molecule has 0 saturated heterocycles. The van der Waals surface area contributed by atoms with E-state index in [1.165, 1.54) is 13.2 Å². The number of aliphatic hydroxyl groups is 1. The van der Waals surface area contributed by atoms with Crippen LogP contribution in [0.3, 0.4) is 0 Å². The van der Waals surface area contributed by atoms with Crippen LogP contribution in [-0.4, -0.2) is 39.0 Å². The van der Waals surface area contributed by atoms with Gasteiger partial charge in [-0.05, 0) is 12.1 Å². The predicted molar refractivity (Wildman–Crippen MR) is 59.5 cm³/mol. The van der Waals surface area contributed by atoms with E-state index in [4.69, 9.17) is 9.84 Å². The highest BCUT2D eigenvalue weighted by atomic mass is 32.2. The van der Waals surface area contributed by atoms with Gasteiger partial charge in [0.05, 0.1) is 36.1 Å². The Labute approximate surface area is 94.0 Å². The number of aliphatic hydroxyl groups excluding tert-OH is 1. The Balaban J connectivity index is 2.51. The smallest absolute Gasteiger partial charge is 0.182 e. The largest absolute Gasteiger partial charge is 0.497 e. The molecule has 0 saturated carbocycles. The minimum Gasteiger partial charge on any atom is -0.497 e. The van der Waals surface area contributed by atoms with Crippen LogP contribution >= 0.6 is 0 Å². The summed E-state index contributed by atoms with van der Waals surface area (Å²) in [5.41, 5.74) is 0.490. The molecule has 1 aromatic carbocycles. The number of fused-ring (bicyclic) bond motifs is 1. The number of anilines is 1. The SMILES string of the molecule is COc1ccc2c(c1)NC(CO)CS2(=O)=O. The summed E-state index contributed by atoms with van der Waals surface area (Å²) in [7, 11) is -1.79. The topological polar surface area (TPSA) is 75.6 Å². The van der Waals surface area contributed by atoms with E-state index in [1.54, 1.807) is 12.1 Å². The molecule has 1 aromatic rings. The van der Waals surface area contributed by atoms with Crippen LogP contribution in [0.5, 0.6) is 5.75 Å². The molecule has 0 amide bonds. The maximum atomic E-state index is 11.9. The number of sulfone groups is 1. The fraction of sp³-hybridized carbons (Fsp3) is 0.400. The normalized spacial score (nSPS) is 22.0. The third kappa shape index (κ3) is 1.85. The molecule has 0 radical (unpaired) electrons. The van der Waals surface area contributed by atoms with Gasteiger partial charge in [0.2, 0.25) is 0 Å². The minimum atomic E-state index is -3.31. The summed E-state index contributed by atoms with van der Waals surface area (Å²) >= 11 is 0. The van der Waals surface area contributed by atoms with Crippen LogP contribution in [0.2, 0.25) is 0 Å². The Morgan fingerprint density at radius 1 is 1.56 bits per heavy atom. The molecule has 6 heteroatoms. The molecule has 1 atom stereocenters. The quantitative estimate of drug-likeness (QED) is 0.779. The highest BCUT2D eigenvalue weighted by Gasteiger charge is 2.29. The van der Waals surface area contributed by atoms with Crippen molar-refractivity contribution < 1.29 is 18.3 Å². The number of hydrogen-bond acceptors (Lipinski definition) is 5. The molecule has 1 unspecified atom stereocenters. The number of ether oxygens (including phenoxy) is 1. The maximum Gasteiger partial charge on any atom is 0.182 e. The van der Waals surface area contributed by atoms with Gasteiger partial charge in [0.15, 0.2) is 9.84 Å².